The van der Waals surface area contributed by atoms with Crippen LogP contribution in [0.1, 0.15) is 15.9 Å². The van der Waals surface area contributed by atoms with Gasteiger partial charge in [0, 0.05) is 12.1 Å². The summed E-state index contributed by atoms with van der Waals surface area (Å²) in [4.78, 5) is 19.4. The largest absolute Gasteiger partial charge is 0.497 e. The lowest BCUT2D eigenvalue weighted by Gasteiger charge is -2.11. The van der Waals surface area contributed by atoms with Crippen LogP contribution in [0.5, 0.6) is 11.5 Å². The summed E-state index contributed by atoms with van der Waals surface area (Å²) in [6, 6.07) is 11.0. The molecule has 0 aliphatic rings. The predicted molar refractivity (Wildman–Crippen MR) is 91.7 cm³/mol. The zero-order chi connectivity index (χ0) is 16.9. The Morgan fingerprint density at radius 3 is 2.83 bits per heavy atom. The molecule has 0 radical (unpaired) electrons. The second-order valence-corrected chi connectivity index (χ2v) is 5.32. The number of ether oxygens (including phenoxy) is 2. The SMILES string of the molecule is COc1ccc(OC)c(CCNC(=O)c2ccc3nc[nH]c3c2)c1. The minimum Gasteiger partial charge on any atom is -0.497 e. The fourth-order valence-corrected chi connectivity index (χ4v) is 2.57. The van der Waals surface area contributed by atoms with Gasteiger partial charge in [-0.2, -0.15) is 0 Å². The summed E-state index contributed by atoms with van der Waals surface area (Å²) < 4.78 is 10.6. The Hall–Kier alpha value is -3.02. The first-order valence-corrected chi connectivity index (χ1v) is 7.63. The summed E-state index contributed by atoms with van der Waals surface area (Å²) in [5.74, 6) is 1.43. The second-order valence-electron chi connectivity index (χ2n) is 5.32. The normalized spacial score (nSPS) is 10.6. The molecule has 124 valence electrons. The van der Waals surface area contributed by atoms with E-state index in [0.29, 0.717) is 18.5 Å². The minimum atomic E-state index is -0.117. The van der Waals surface area contributed by atoms with Gasteiger partial charge in [0.1, 0.15) is 11.5 Å². The van der Waals surface area contributed by atoms with Crippen molar-refractivity contribution in [2.75, 3.05) is 20.8 Å². The van der Waals surface area contributed by atoms with E-state index in [2.05, 4.69) is 15.3 Å². The molecule has 1 amide bonds. The van der Waals surface area contributed by atoms with Crippen LogP contribution in [0.4, 0.5) is 0 Å². The molecule has 2 N–H and O–H groups in total. The number of carbonyl (C=O) groups is 1. The third kappa shape index (κ3) is 3.32. The maximum Gasteiger partial charge on any atom is 0.251 e. The van der Waals surface area contributed by atoms with Gasteiger partial charge in [0.2, 0.25) is 0 Å². The van der Waals surface area contributed by atoms with Crippen LogP contribution in [0.15, 0.2) is 42.7 Å². The first-order chi connectivity index (χ1) is 11.7. The van der Waals surface area contributed by atoms with E-state index in [4.69, 9.17) is 9.47 Å². The van der Waals surface area contributed by atoms with Gasteiger partial charge in [0.05, 0.1) is 31.6 Å². The molecule has 6 heteroatoms. The molecule has 0 unspecified atom stereocenters. The number of amides is 1. The molecule has 0 bridgehead atoms. The van der Waals surface area contributed by atoms with Crippen molar-refractivity contribution in [2.45, 2.75) is 6.42 Å². The Balaban J connectivity index is 1.64. The van der Waals surface area contributed by atoms with Crippen molar-refractivity contribution in [1.82, 2.24) is 15.3 Å². The van der Waals surface area contributed by atoms with E-state index in [1.165, 1.54) is 0 Å². The van der Waals surface area contributed by atoms with Gasteiger partial charge in [-0.05, 0) is 48.4 Å². The number of nitrogens with zero attached hydrogens (tertiary/aromatic N) is 1. The number of hydrogen-bond acceptors (Lipinski definition) is 4. The smallest absolute Gasteiger partial charge is 0.251 e. The summed E-state index contributed by atoms with van der Waals surface area (Å²) in [6.07, 6.45) is 2.26. The average molecular weight is 325 g/mol. The molecule has 3 rings (SSSR count). The monoisotopic (exact) mass is 325 g/mol. The van der Waals surface area contributed by atoms with Gasteiger partial charge < -0.3 is 19.8 Å². The van der Waals surface area contributed by atoms with Crippen molar-refractivity contribution in [3.63, 3.8) is 0 Å². The van der Waals surface area contributed by atoms with Crippen molar-refractivity contribution in [2.24, 2.45) is 0 Å². The summed E-state index contributed by atoms with van der Waals surface area (Å²) in [7, 11) is 3.25. The summed E-state index contributed by atoms with van der Waals surface area (Å²) in [6.45, 7) is 0.503. The molecule has 3 aromatic rings. The summed E-state index contributed by atoms with van der Waals surface area (Å²) in [5, 5.41) is 2.92. The number of nitrogens with one attached hydrogen (secondary N) is 2. The molecule has 0 fully saturated rings. The number of rotatable bonds is 6. The van der Waals surface area contributed by atoms with Crippen molar-refractivity contribution in [1.29, 1.82) is 0 Å². The highest BCUT2D eigenvalue weighted by atomic mass is 16.5. The third-order valence-corrected chi connectivity index (χ3v) is 3.85. The Bertz CT molecular complexity index is 858. The van der Waals surface area contributed by atoms with Crippen LogP contribution >= 0.6 is 0 Å². The van der Waals surface area contributed by atoms with Crippen molar-refractivity contribution < 1.29 is 14.3 Å². The van der Waals surface area contributed by atoms with Gasteiger partial charge in [0.25, 0.3) is 5.91 Å². The van der Waals surface area contributed by atoms with Gasteiger partial charge in [-0.25, -0.2) is 4.98 Å². The number of methoxy groups -OCH3 is 2. The molecule has 6 nitrogen and oxygen atoms in total. The van der Waals surface area contributed by atoms with E-state index in [9.17, 15) is 4.79 Å². The number of aromatic nitrogens is 2. The fourth-order valence-electron chi connectivity index (χ4n) is 2.57. The Morgan fingerprint density at radius 2 is 2.04 bits per heavy atom. The Labute approximate surface area is 139 Å². The maximum atomic E-state index is 12.3. The number of benzene rings is 2. The lowest BCUT2D eigenvalue weighted by Crippen LogP contribution is -2.25. The molecular weight excluding hydrogens is 306 g/mol. The third-order valence-electron chi connectivity index (χ3n) is 3.85. The van der Waals surface area contributed by atoms with Gasteiger partial charge in [0.15, 0.2) is 0 Å². The molecule has 24 heavy (non-hydrogen) atoms. The summed E-state index contributed by atoms with van der Waals surface area (Å²) in [5.41, 5.74) is 3.27. The number of imidazole rings is 1. The number of hydrogen-bond donors (Lipinski definition) is 2. The molecule has 0 saturated heterocycles. The number of fused-ring (bicyclic) bond motifs is 1. The Kier molecular flexibility index (Phi) is 4.65. The first kappa shape index (κ1) is 15.9. The van der Waals surface area contributed by atoms with Crippen molar-refractivity contribution in [3.8, 4) is 11.5 Å². The fraction of sp³-hybridized carbons (Fsp3) is 0.222. The van der Waals surface area contributed by atoms with Crippen LogP contribution in [0, 0.1) is 0 Å². The van der Waals surface area contributed by atoms with Crippen LogP contribution in [0.3, 0.4) is 0 Å². The highest BCUT2D eigenvalue weighted by Gasteiger charge is 2.09. The molecule has 1 aromatic heterocycles. The quantitative estimate of drug-likeness (QED) is 0.730. The number of H-pyrrole nitrogens is 1. The highest BCUT2D eigenvalue weighted by molar-refractivity contribution is 5.97. The van der Waals surface area contributed by atoms with E-state index in [0.717, 1.165) is 28.1 Å². The number of aromatic amines is 1. The zero-order valence-corrected chi connectivity index (χ0v) is 13.6. The topological polar surface area (TPSA) is 76.2 Å². The summed E-state index contributed by atoms with van der Waals surface area (Å²) >= 11 is 0. The Morgan fingerprint density at radius 1 is 1.17 bits per heavy atom. The van der Waals surface area contributed by atoms with Gasteiger partial charge in [-0.15, -0.1) is 0 Å². The second kappa shape index (κ2) is 7.04. The van der Waals surface area contributed by atoms with E-state index in [1.807, 2.05) is 24.3 Å². The van der Waals surface area contributed by atoms with Gasteiger partial charge in [-0.1, -0.05) is 0 Å². The maximum absolute atomic E-state index is 12.3. The van der Waals surface area contributed by atoms with Crippen molar-refractivity contribution >= 4 is 16.9 Å². The minimum absolute atomic E-state index is 0.117. The molecular formula is C18H19N3O3. The van der Waals surface area contributed by atoms with E-state index in [1.54, 1.807) is 32.7 Å². The van der Waals surface area contributed by atoms with Gasteiger partial charge in [-0.3, -0.25) is 4.79 Å². The lowest BCUT2D eigenvalue weighted by atomic mass is 10.1. The van der Waals surface area contributed by atoms with Crippen LogP contribution in [0.25, 0.3) is 11.0 Å². The first-order valence-electron chi connectivity index (χ1n) is 7.63. The van der Waals surface area contributed by atoms with Crippen LogP contribution < -0.4 is 14.8 Å². The molecule has 0 aliphatic carbocycles. The average Bonchev–Trinajstić information content (AvgIpc) is 3.09. The molecule has 2 aromatic carbocycles. The van der Waals surface area contributed by atoms with E-state index < -0.39 is 0 Å². The van der Waals surface area contributed by atoms with Crippen LogP contribution in [-0.4, -0.2) is 36.6 Å². The molecule has 1 heterocycles. The standard InChI is InChI=1S/C18H19N3O3/c1-23-14-4-6-17(24-2)12(9-14)7-8-19-18(22)13-3-5-15-16(10-13)21-11-20-15/h3-6,9-11H,7-8H2,1-2H3,(H,19,22)(H,20,21). The molecule has 0 aliphatic heterocycles. The molecule has 0 atom stereocenters. The number of carbonyl (C=O) groups excluding carboxylic acids is 1. The highest BCUT2D eigenvalue weighted by Crippen LogP contribution is 2.24. The molecule has 0 saturated carbocycles. The molecule has 0 spiro atoms. The van der Waals surface area contributed by atoms with Crippen LogP contribution in [-0.2, 0) is 6.42 Å². The van der Waals surface area contributed by atoms with E-state index >= 15 is 0 Å². The predicted octanol–water partition coefficient (Wildman–Crippen LogP) is 2.55. The zero-order valence-electron chi connectivity index (χ0n) is 13.6. The lowest BCUT2D eigenvalue weighted by molar-refractivity contribution is 0.0954. The van der Waals surface area contributed by atoms with E-state index in [-0.39, 0.29) is 5.91 Å². The van der Waals surface area contributed by atoms with Crippen LogP contribution in [0.2, 0.25) is 0 Å². The van der Waals surface area contributed by atoms with Gasteiger partial charge >= 0.3 is 0 Å². The van der Waals surface area contributed by atoms with Crippen molar-refractivity contribution in [3.05, 3.63) is 53.9 Å².